The zero-order valence-electron chi connectivity index (χ0n) is 9.04. The second-order valence-corrected chi connectivity index (χ2v) is 3.07. The van der Waals surface area contributed by atoms with Gasteiger partial charge in [-0.15, -0.1) is 0 Å². The van der Waals surface area contributed by atoms with Gasteiger partial charge in [-0.2, -0.15) is 0 Å². The topological polar surface area (TPSA) is 116 Å². The van der Waals surface area contributed by atoms with Crippen LogP contribution in [0.4, 0.5) is 0 Å². The molecule has 0 aromatic heterocycles. The maximum absolute atomic E-state index is 11.2. The molecule has 8 nitrogen and oxygen atoms in total. The molecule has 0 spiro atoms. The minimum absolute atomic E-state index is 0.913. The molecule has 1 N–H and O–H groups in total. The minimum Gasteiger partial charge on any atom is -0.478 e. The molecule has 0 aliphatic carbocycles. The number of hydrogen-bond acceptors (Lipinski definition) is 7. The summed E-state index contributed by atoms with van der Waals surface area (Å²) in [7, 11) is 1.57. The lowest BCUT2D eigenvalue weighted by atomic mass is 10.2. The third-order valence-corrected chi connectivity index (χ3v) is 1.68. The lowest BCUT2D eigenvalue weighted by molar-refractivity contribution is -0.184. The highest BCUT2D eigenvalue weighted by atomic mass is 31.0. The third-order valence-electron chi connectivity index (χ3n) is 1.45. The highest BCUT2D eigenvalue weighted by molar-refractivity contribution is 7.10. The van der Waals surface area contributed by atoms with Gasteiger partial charge in [-0.25, -0.2) is 9.59 Å². The van der Waals surface area contributed by atoms with Crippen LogP contribution in [0.15, 0.2) is 0 Å². The van der Waals surface area contributed by atoms with Gasteiger partial charge >= 0.3 is 23.9 Å². The maximum Gasteiger partial charge on any atom is 0.354 e. The Balaban J connectivity index is 5.05. The Morgan fingerprint density at radius 2 is 1.41 bits per heavy atom. The van der Waals surface area contributed by atoms with Gasteiger partial charge in [0.1, 0.15) is 0 Å². The van der Waals surface area contributed by atoms with E-state index in [0.29, 0.717) is 0 Å². The molecule has 0 saturated heterocycles. The molecule has 0 aromatic carbocycles. The predicted octanol–water partition coefficient (Wildman–Crippen LogP) is -0.732. The summed E-state index contributed by atoms with van der Waals surface area (Å²) in [5.74, 6) is -4.66. The molecular weight excluding hydrogens is 255 g/mol. The highest BCUT2D eigenvalue weighted by Gasteiger charge is 2.40. The summed E-state index contributed by atoms with van der Waals surface area (Å²) < 4.78 is 13.0. The van der Waals surface area contributed by atoms with E-state index >= 15 is 0 Å². The number of esters is 2. The van der Waals surface area contributed by atoms with E-state index in [1.165, 1.54) is 0 Å². The van der Waals surface area contributed by atoms with Crippen LogP contribution in [-0.2, 0) is 33.2 Å². The van der Waals surface area contributed by atoms with Gasteiger partial charge in [0.15, 0.2) is 0 Å². The Morgan fingerprint density at radius 3 is 1.71 bits per heavy atom. The van der Waals surface area contributed by atoms with Crippen molar-refractivity contribution in [2.75, 3.05) is 0 Å². The molecule has 9 heteroatoms. The van der Waals surface area contributed by atoms with E-state index in [0.717, 1.165) is 13.8 Å². The van der Waals surface area contributed by atoms with Gasteiger partial charge in [-0.05, 0) is 0 Å². The number of hydrogen-bond donors (Lipinski definition) is 1. The van der Waals surface area contributed by atoms with Crippen molar-refractivity contribution in [1.29, 1.82) is 0 Å². The maximum atomic E-state index is 11.2. The van der Waals surface area contributed by atoms with Crippen LogP contribution in [-0.4, -0.2) is 41.2 Å². The Bertz CT molecular complexity index is 338. The average Bonchev–Trinajstić information content (AvgIpc) is 2.21. The molecule has 0 aliphatic rings. The second kappa shape index (κ2) is 6.80. The van der Waals surface area contributed by atoms with Crippen LogP contribution >= 0.6 is 9.47 Å². The SMILES string of the molecule is CC(=O)O[C@@H](C(=O)O)[C@@H](OC(C)=O)C(=O)OP. The standard InChI is InChI=1S/C8H11O8P/c1-3(9)14-5(7(11)12)6(8(13)16-17)15-4(2)10/h5-6H,17H2,1-2H3,(H,11,12)/t5-,6-/m1/s1. The van der Waals surface area contributed by atoms with Crippen molar-refractivity contribution >= 4 is 33.3 Å². The quantitative estimate of drug-likeness (QED) is 0.511. The van der Waals surface area contributed by atoms with E-state index in [-0.39, 0.29) is 0 Å². The van der Waals surface area contributed by atoms with Gasteiger partial charge in [-0.3, -0.25) is 9.59 Å². The van der Waals surface area contributed by atoms with Crippen molar-refractivity contribution < 1.29 is 38.3 Å². The first-order valence-corrected chi connectivity index (χ1v) is 4.74. The van der Waals surface area contributed by atoms with Crippen LogP contribution in [0.3, 0.4) is 0 Å². The number of carboxylic acid groups (broad SMARTS) is 1. The fourth-order valence-electron chi connectivity index (χ4n) is 0.900. The molecule has 0 aliphatic heterocycles. The molecule has 0 aromatic rings. The molecule has 0 heterocycles. The van der Waals surface area contributed by atoms with Crippen molar-refractivity contribution in [3.63, 3.8) is 0 Å². The van der Waals surface area contributed by atoms with Gasteiger partial charge < -0.3 is 19.1 Å². The van der Waals surface area contributed by atoms with Crippen LogP contribution < -0.4 is 0 Å². The summed E-state index contributed by atoms with van der Waals surface area (Å²) >= 11 is 0. The summed E-state index contributed by atoms with van der Waals surface area (Å²) in [6.45, 7) is 1.92. The number of carbonyl (C=O) groups is 4. The lowest BCUT2D eigenvalue weighted by Gasteiger charge is -2.20. The second-order valence-electron chi connectivity index (χ2n) is 2.84. The van der Waals surface area contributed by atoms with Crippen molar-refractivity contribution in [3.8, 4) is 0 Å². The summed E-state index contributed by atoms with van der Waals surface area (Å²) in [6, 6.07) is 0. The van der Waals surface area contributed by atoms with Crippen molar-refractivity contribution in [2.24, 2.45) is 0 Å². The monoisotopic (exact) mass is 266 g/mol. The fraction of sp³-hybridized carbons (Fsp3) is 0.500. The Hall–Kier alpha value is -1.69. The van der Waals surface area contributed by atoms with Crippen LogP contribution in [0.2, 0.25) is 0 Å². The summed E-state index contributed by atoms with van der Waals surface area (Å²) in [5, 5.41) is 8.77. The van der Waals surface area contributed by atoms with Crippen LogP contribution in [0.5, 0.6) is 0 Å². The van der Waals surface area contributed by atoms with Gasteiger partial charge in [0.05, 0.1) is 9.47 Å². The number of aliphatic carboxylic acids is 1. The molecule has 96 valence electrons. The Kier molecular flexibility index (Phi) is 6.12. The Morgan fingerprint density at radius 1 is 1.00 bits per heavy atom. The van der Waals surface area contributed by atoms with E-state index in [2.05, 4.69) is 14.0 Å². The van der Waals surface area contributed by atoms with Gasteiger partial charge in [-0.1, -0.05) is 0 Å². The molecule has 17 heavy (non-hydrogen) atoms. The summed E-state index contributed by atoms with van der Waals surface area (Å²) in [4.78, 5) is 43.4. The fourth-order valence-corrected chi connectivity index (χ4v) is 1.03. The van der Waals surface area contributed by atoms with E-state index < -0.39 is 36.1 Å². The molecule has 0 radical (unpaired) electrons. The lowest BCUT2D eigenvalue weighted by Crippen LogP contribution is -2.45. The number of ether oxygens (including phenoxy) is 2. The molecule has 0 amide bonds. The van der Waals surface area contributed by atoms with Crippen molar-refractivity contribution in [2.45, 2.75) is 26.1 Å². The smallest absolute Gasteiger partial charge is 0.354 e. The van der Waals surface area contributed by atoms with Gasteiger partial charge in [0.25, 0.3) is 0 Å². The molecule has 0 rings (SSSR count). The zero-order valence-corrected chi connectivity index (χ0v) is 10.2. The first kappa shape index (κ1) is 15.3. The normalized spacial score (nSPS) is 13.1. The third kappa shape index (κ3) is 5.26. The van der Waals surface area contributed by atoms with E-state index in [1.54, 1.807) is 9.47 Å². The molecular formula is C8H11O8P. The van der Waals surface area contributed by atoms with Crippen LogP contribution in [0.1, 0.15) is 13.8 Å². The van der Waals surface area contributed by atoms with Gasteiger partial charge in [0, 0.05) is 13.8 Å². The molecule has 0 fully saturated rings. The molecule has 0 bridgehead atoms. The summed E-state index contributed by atoms with van der Waals surface area (Å²) in [5.41, 5.74) is 0. The summed E-state index contributed by atoms with van der Waals surface area (Å²) in [6.07, 6.45) is -3.81. The largest absolute Gasteiger partial charge is 0.478 e. The van der Waals surface area contributed by atoms with E-state index in [9.17, 15) is 19.2 Å². The average molecular weight is 266 g/mol. The van der Waals surface area contributed by atoms with Crippen LogP contribution in [0.25, 0.3) is 0 Å². The molecule has 0 saturated carbocycles. The number of rotatable bonds is 5. The Labute approximate surface area is 98.5 Å². The first-order chi connectivity index (χ1) is 7.79. The van der Waals surface area contributed by atoms with Crippen molar-refractivity contribution in [3.05, 3.63) is 0 Å². The van der Waals surface area contributed by atoms with E-state index in [1.807, 2.05) is 0 Å². The number of carboxylic acids is 1. The van der Waals surface area contributed by atoms with Gasteiger partial charge in [0.2, 0.25) is 12.2 Å². The predicted molar refractivity (Wildman–Crippen MR) is 54.5 cm³/mol. The first-order valence-electron chi connectivity index (χ1n) is 4.27. The number of carbonyl (C=O) groups excluding carboxylic acids is 3. The molecule has 1 unspecified atom stereocenters. The zero-order chi connectivity index (χ0) is 13.6. The highest BCUT2D eigenvalue weighted by Crippen LogP contribution is 2.10. The minimum atomic E-state index is -1.95. The van der Waals surface area contributed by atoms with E-state index in [4.69, 9.17) is 5.11 Å². The van der Waals surface area contributed by atoms with Crippen LogP contribution in [0, 0.1) is 0 Å². The van der Waals surface area contributed by atoms with Crippen molar-refractivity contribution in [1.82, 2.24) is 0 Å². The molecule has 3 atom stereocenters.